The molecule has 1 aliphatic rings. The van der Waals surface area contributed by atoms with Crippen molar-refractivity contribution in [2.45, 2.75) is 64.7 Å². The van der Waals surface area contributed by atoms with Crippen LogP contribution >= 0.6 is 0 Å². The molecule has 0 heterocycles. The van der Waals surface area contributed by atoms with Gasteiger partial charge in [-0.05, 0) is 63.3 Å². The van der Waals surface area contributed by atoms with Crippen LogP contribution in [0.4, 0.5) is 9.18 Å². The monoisotopic (exact) mass is 399 g/mol. The van der Waals surface area contributed by atoms with E-state index in [1.165, 1.54) is 12.1 Å². The lowest BCUT2D eigenvalue weighted by atomic mass is 9.99. The summed E-state index contributed by atoms with van der Waals surface area (Å²) in [6, 6.07) is 14.3. The molecule has 1 N–H and O–H groups in total. The van der Waals surface area contributed by atoms with E-state index in [4.69, 9.17) is 9.47 Å². The molecule has 2 aromatic carbocycles. The van der Waals surface area contributed by atoms with Gasteiger partial charge >= 0.3 is 6.09 Å². The summed E-state index contributed by atoms with van der Waals surface area (Å²) >= 11 is 0. The molecular weight excluding hydrogens is 369 g/mol. The van der Waals surface area contributed by atoms with Crippen molar-refractivity contribution in [2.75, 3.05) is 0 Å². The van der Waals surface area contributed by atoms with Crippen LogP contribution in [0.15, 0.2) is 48.5 Å². The third-order valence-corrected chi connectivity index (χ3v) is 5.13. The molecule has 0 spiro atoms. The van der Waals surface area contributed by atoms with E-state index in [1.54, 1.807) is 6.07 Å². The third kappa shape index (κ3) is 5.28. The maximum Gasteiger partial charge on any atom is 0.408 e. The van der Waals surface area contributed by atoms with Crippen molar-refractivity contribution in [2.24, 2.45) is 5.92 Å². The third-order valence-electron chi connectivity index (χ3n) is 5.13. The summed E-state index contributed by atoms with van der Waals surface area (Å²) in [6.07, 6.45) is 2.17. The largest absolute Gasteiger partial charge is 0.489 e. The Kier molecular flexibility index (Phi) is 6.15. The van der Waals surface area contributed by atoms with Gasteiger partial charge in [0.2, 0.25) is 0 Å². The van der Waals surface area contributed by atoms with Gasteiger partial charge in [0, 0.05) is 5.56 Å². The van der Waals surface area contributed by atoms with E-state index in [9.17, 15) is 9.18 Å². The Hall–Kier alpha value is -2.56. The van der Waals surface area contributed by atoms with Crippen molar-refractivity contribution in [3.8, 4) is 5.75 Å². The smallest absolute Gasteiger partial charge is 0.408 e. The van der Waals surface area contributed by atoms with E-state index in [2.05, 4.69) is 12.2 Å². The van der Waals surface area contributed by atoms with E-state index < -0.39 is 17.2 Å². The van der Waals surface area contributed by atoms with E-state index in [0.717, 1.165) is 24.8 Å². The first-order valence-electron chi connectivity index (χ1n) is 10.2. The summed E-state index contributed by atoms with van der Waals surface area (Å²) in [5.41, 5.74) is 0.442. The van der Waals surface area contributed by atoms with Gasteiger partial charge in [-0.2, -0.15) is 0 Å². The molecule has 156 valence electrons. The van der Waals surface area contributed by atoms with Gasteiger partial charge in [-0.3, -0.25) is 0 Å². The summed E-state index contributed by atoms with van der Waals surface area (Å²) in [6.45, 7) is 7.96. The van der Waals surface area contributed by atoms with E-state index in [1.807, 2.05) is 51.1 Å². The molecule has 1 aliphatic carbocycles. The molecule has 1 saturated carbocycles. The SMILES string of the molecule is CCCC1CC1(NC(=O)OC(C)(C)C)c1cc(F)ccc1OCc1ccccc1. The zero-order chi connectivity index (χ0) is 21.1. The van der Waals surface area contributed by atoms with E-state index in [-0.39, 0.29) is 11.7 Å². The molecule has 2 atom stereocenters. The molecule has 0 saturated heterocycles. The zero-order valence-electron chi connectivity index (χ0n) is 17.6. The molecule has 0 bridgehead atoms. The van der Waals surface area contributed by atoms with Crippen LogP contribution in [-0.2, 0) is 16.9 Å². The molecule has 1 amide bonds. The molecule has 0 radical (unpaired) electrons. The normalized spacial score (nSPS) is 20.8. The van der Waals surface area contributed by atoms with Crippen molar-refractivity contribution in [1.29, 1.82) is 0 Å². The predicted octanol–water partition coefficient (Wildman–Crippen LogP) is 5.94. The second-order valence-corrected chi connectivity index (χ2v) is 8.70. The summed E-state index contributed by atoms with van der Waals surface area (Å²) < 4.78 is 25.7. The van der Waals surface area contributed by atoms with Crippen LogP contribution in [0.5, 0.6) is 5.75 Å². The molecule has 1 fully saturated rings. The zero-order valence-corrected chi connectivity index (χ0v) is 17.6. The molecule has 2 aromatic rings. The number of carbonyl (C=O) groups is 1. The number of amides is 1. The number of rotatable bonds is 7. The van der Waals surface area contributed by atoms with Gasteiger partial charge in [0.05, 0.1) is 5.54 Å². The minimum Gasteiger partial charge on any atom is -0.489 e. The van der Waals surface area contributed by atoms with Crippen molar-refractivity contribution in [3.63, 3.8) is 0 Å². The summed E-state index contributed by atoms with van der Waals surface area (Å²) in [5.74, 6) is 0.463. The van der Waals surface area contributed by atoms with Crippen LogP contribution in [0.25, 0.3) is 0 Å². The first-order valence-corrected chi connectivity index (χ1v) is 10.2. The van der Waals surface area contributed by atoms with Crippen LogP contribution in [0, 0.1) is 11.7 Å². The van der Waals surface area contributed by atoms with Crippen LogP contribution in [0.2, 0.25) is 0 Å². The Morgan fingerprint density at radius 1 is 1.21 bits per heavy atom. The summed E-state index contributed by atoms with van der Waals surface area (Å²) in [4.78, 5) is 12.5. The maximum atomic E-state index is 14.2. The molecule has 4 nitrogen and oxygen atoms in total. The van der Waals surface area contributed by atoms with Gasteiger partial charge in [-0.15, -0.1) is 0 Å². The lowest BCUT2D eigenvalue weighted by Gasteiger charge is -2.26. The number of nitrogens with one attached hydrogen (secondary N) is 1. The first-order chi connectivity index (χ1) is 13.7. The Labute approximate surface area is 172 Å². The fourth-order valence-electron chi connectivity index (χ4n) is 3.77. The predicted molar refractivity (Wildman–Crippen MR) is 111 cm³/mol. The fourth-order valence-corrected chi connectivity index (χ4v) is 3.77. The highest BCUT2D eigenvalue weighted by atomic mass is 19.1. The van der Waals surface area contributed by atoms with Crippen LogP contribution in [0.3, 0.4) is 0 Å². The summed E-state index contributed by atoms with van der Waals surface area (Å²) in [5, 5.41) is 3.03. The van der Waals surface area contributed by atoms with Crippen LogP contribution in [-0.4, -0.2) is 11.7 Å². The van der Waals surface area contributed by atoms with Crippen molar-refractivity contribution >= 4 is 6.09 Å². The molecule has 29 heavy (non-hydrogen) atoms. The highest BCUT2D eigenvalue weighted by Crippen LogP contribution is 2.57. The van der Waals surface area contributed by atoms with E-state index >= 15 is 0 Å². The Morgan fingerprint density at radius 2 is 1.93 bits per heavy atom. The Morgan fingerprint density at radius 3 is 2.59 bits per heavy atom. The topological polar surface area (TPSA) is 47.6 Å². The van der Waals surface area contributed by atoms with Crippen molar-refractivity contribution in [1.82, 2.24) is 5.32 Å². The van der Waals surface area contributed by atoms with Gasteiger partial charge in [0.25, 0.3) is 0 Å². The minimum absolute atomic E-state index is 0.223. The van der Waals surface area contributed by atoms with Crippen LogP contribution < -0.4 is 10.1 Å². The number of hydrogen-bond acceptors (Lipinski definition) is 3. The number of benzene rings is 2. The van der Waals surface area contributed by atoms with Gasteiger partial charge in [0.15, 0.2) is 0 Å². The average Bonchev–Trinajstić information content (AvgIpc) is 3.33. The number of ether oxygens (including phenoxy) is 2. The average molecular weight is 400 g/mol. The molecule has 0 aliphatic heterocycles. The van der Waals surface area contributed by atoms with Gasteiger partial charge in [-0.25, -0.2) is 9.18 Å². The summed E-state index contributed by atoms with van der Waals surface area (Å²) in [7, 11) is 0. The van der Waals surface area contributed by atoms with Gasteiger partial charge < -0.3 is 14.8 Å². The standard InChI is InChI=1S/C24H30FNO3/c1-5-9-18-15-24(18,26-22(27)29-23(2,3)4)20-14-19(25)12-13-21(20)28-16-17-10-7-6-8-11-17/h6-8,10-14,18H,5,9,15-16H2,1-4H3,(H,26,27). The lowest BCUT2D eigenvalue weighted by Crippen LogP contribution is -2.40. The maximum absolute atomic E-state index is 14.2. The second kappa shape index (κ2) is 8.44. The molecule has 0 aromatic heterocycles. The highest BCUT2D eigenvalue weighted by Gasteiger charge is 2.57. The fraction of sp³-hybridized carbons (Fsp3) is 0.458. The molecule has 5 heteroatoms. The van der Waals surface area contributed by atoms with E-state index in [0.29, 0.717) is 17.9 Å². The first kappa shape index (κ1) is 21.2. The lowest BCUT2D eigenvalue weighted by molar-refractivity contribution is 0.0487. The van der Waals surface area contributed by atoms with Gasteiger partial charge in [0.1, 0.15) is 23.8 Å². The Balaban J connectivity index is 1.87. The number of carbonyl (C=O) groups excluding carboxylic acids is 1. The highest BCUT2D eigenvalue weighted by molar-refractivity contribution is 5.71. The molecule has 3 rings (SSSR count). The molecular formula is C24H30FNO3. The number of hydrogen-bond donors (Lipinski definition) is 1. The van der Waals surface area contributed by atoms with Gasteiger partial charge in [-0.1, -0.05) is 43.7 Å². The van der Waals surface area contributed by atoms with Crippen LogP contribution in [0.1, 0.15) is 58.1 Å². The molecule has 2 unspecified atom stereocenters. The van der Waals surface area contributed by atoms with Crippen molar-refractivity contribution < 1.29 is 18.7 Å². The Bertz CT molecular complexity index is 847. The number of halogens is 1. The quantitative estimate of drug-likeness (QED) is 0.626. The number of alkyl carbamates (subject to hydrolysis) is 1. The van der Waals surface area contributed by atoms with Crippen molar-refractivity contribution in [3.05, 3.63) is 65.5 Å². The second-order valence-electron chi connectivity index (χ2n) is 8.70. The minimum atomic E-state index is -0.660.